The quantitative estimate of drug-likeness (QED) is 0.648. The highest BCUT2D eigenvalue weighted by Crippen LogP contribution is 2.34. The zero-order chi connectivity index (χ0) is 9.42. The highest BCUT2D eigenvalue weighted by Gasteiger charge is 2.39. The monoisotopic (exact) mass is 181 g/mol. The lowest BCUT2D eigenvalue weighted by Crippen LogP contribution is -2.44. The molecule has 0 spiro atoms. The van der Waals surface area contributed by atoms with Crippen LogP contribution in [0.1, 0.15) is 39.5 Å². The van der Waals surface area contributed by atoms with Crippen LogP contribution >= 0.6 is 0 Å². The van der Waals surface area contributed by atoms with Gasteiger partial charge in [-0.3, -0.25) is 9.69 Å². The number of carbonyl (C=O) groups is 1. The average molecular weight is 181 g/mol. The first-order valence-electron chi connectivity index (χ1n) is 5.44. The molecule has 2 rings (SSSR count). The van der Waals surface area contributed by atoms with Crippen molar-refractivity contribution in [3.05, 3.63) is 0 Å². The fraction of sp³-hybridized carbons (Fsp3) is 0.909. The van der Waals surface area contributed by atoms with Crippen LogP contribution in [0.2, 0.25) is 0 Å². The zero-order valence-electron chi connectivity index (χ0n) is 8.62. The molecule has 2 bridgehead atoms. The molecule has 2 aliphatic heterocycles. The van der Waals surface area contributed by atoms with Crippen molar-refractivity contribution in [2.75, 3.05) is 6.54 Å². The van der Waals surface area contributed by atoms with Gasteiger partial charge in [-0.25, -0.2) is 0 Å². The second-order valence-electron chi connectivity index (χ2n) is 4.92. The lowest BCUT2D eigenvalue weighted by molar-refractivity contribution is -0.123. The molecule has 0 saturated carbocycles. The summed E-state index contributed by atoms with van der Waals surface area (Å²) in [5, 5.41) is 0. The molecule has 0 radical (unpaired) electrons. The van der Waals surface area contributed by atoms with Gasteiger partial charge < -0.3 is 0 Å². The van der Waals surface area contributed by atoms with Gasteiger partial charge in [-0.1, -0.05) is 13.8 Å². The van der Waals surface area contributed by atoms with Crippen molar-refractivity contribution in [3.63, 3.8) is 0 Å². The van der Waals surface area contributed by atoms with Crippen LogP contribution in [0.5, 0.6) is 0 Å². The first-order valence-corrected chi connectivity index (χ1v) is 5.44. The number of Topliss-reactive ketones (excluding diaryl/α,β-unsaturated/α-hetero) is 1. The van der Waals surface area contributed by atoms with Crippen molar-refractivity contribution >= 4 is 5.78 Å². The summed E-state index contributed by atoms with van der Waals surface area (Å²) in [4.78, 5) is 13.9. The zero-order valence-corrected chi connectivity index (χ0v) is 8.62. The Hall–Kier alpha value is -0.370. The molecular formula is C11H19NO. The number of nitrogens with zero attached hydrogens (tertiary/aromatic N) is 1. The smallest absolute Gasteiger partial charge is 0.136 e. The molecule has 2 heterocycles. The van der Waals surface area contributed by atoms with E-state index in [0.717, 1.165) is 18.8 Å². The minimum atomic E-state index is 0.493. The van der Waals surface area contributed by atoms with Crippen LogP contribution in [0.15, 0.2) is 0 Å². The Kier molecular flexibility index (Phi) is 2.41. The molecule has 74 valence electrons. The van der Waals surface area contributed by atoms with E-state index in [-0.39, 0.29) is 0 Å². The normalized spacial score (nSPS) is 34.5. The molecule has 0 unspecified atom stereocenters. The van der Waals surface area contributed by atoms with Crippen molar-refractivity contribution in [3.8, 4) is 0 Å². The lowest BCUT2D eigenvalue weighted by atomic mass is 10.00. The molecule has 0 aromatic heterocycles. The predicted molar refractivity (Wildman–Crippen MR) is 52.6 cm³/mol. The maximum Gasteiger partial charge on any atom is 0.136 e. The van der Waals surface area contributed by atoms with Gasteiger partial charge in [-0.05, 0) is 18.8 Å². The minimum absolute atomic E-state index is 0.493. The maximum atomic E-state index is 11.3. The van der Waals surface area contributed by atoms with Gasteiger partial charge in [0.05, 0.1) is 0 Å². The third-order valence-electron chi connectivity index (χ3n) is 3.27. The number of hydrogen-bond acceptors (Lipinski definition) is 2. The van der Waals surface area contributed by atoms with Crippen molar-refractivity contribution < 1.29 is 4.79 Å². The molecule has 13 heavy (non-hydrogen) atoms. The van der Waals surface area contributed by atoms with Crippen LogP contribution in [0.4, 0.5) is 0 Å². The van der Waals surface area contributed by atoms with Crippen LogP contribution in [-0.2, 0) is 4.79 Å². The van der Waals surface area contributed by atoms with Crippen LogP contribution in [-0.4, -0.2) is 29.3 Å². The Balaban J connectivity index is 2.02. The Bertz CT molecular complexity index is 196. The SMILES string of the molecule is CC(C)CN1[C@@H]2CC[C@H]1CC(=O)C2. The summed E-state index contributed by atoms with van der Waals surface area (Å²) in [7, 11) is 0. The van der Waals surface area contributed by atoms with Crippen LogP contribution in [0.25, 0.3) is 0 Å². The van der Waals surface area contributed by atoms with E-state index in [0.29, 0.717) is 17.9 Å². The number of rotatable bonds is 2. The molecule has 2 atom stereocenters. The summed E-state index contributed by atoms with van der Waals surface area (Å²) in [5.41, 5.74) is 0. The highest BCUT2D eigenvalue weighted by molar-refractivity contribution is 5.80. The van der Waals surface area contributed by atoms with Gasteiger partial charge in [0.2, 0.25) is 0 Å². The van der Waals surface area contributed by atoms with Crippen LogP contribution in [0, 0.1) is 5.92 Å². The molecule has 0 amide bonds. The van der Waals surface area contributed by atoms with Gasteiger partial charge in [0.1, 0.15) is 5.78 Å². The molecule has 2 nitrogen and oxygen atoms in total. The molecule has 0 aromatic rings. The molecule has 2 aliphatic rings. The maximum absolute atomic E-state index is 11.3. The minimum Gasteiger partial charge on any atom is -0.300 e. The van der Waals surface area contributed by atoms with Crippen molar-refractivity contribution in [1.29, 1.82) is 0 Å². The molecule has 0 aromatic carbocycles. The summed E-state index contributed by atoms with van der Waals surface area (Å²) >= 11 is 0. The molecule has 2 fully saturated rings. The van der Waals surface area contributed by atoms with E-state index in [1.807, 2.05) is 0 Å². The lowest BCUT2D eigenvalue weighted by Gasteiger charge is -2.35. The second kappa shape index (κ2) is 3.41. The Labute approximate surface area is 80.3 Å². The molecule has 0 N–H and O–H groups in total. The molecule has 0 aliphatic carbocycles. The third kappa shape index (κ3) is 1.78. The fourth-order valence-electron chi connectivity index (χ4n) is 2.78. The van der Waals surface area contributed by atoms with Gasteiger partial charge in [0.25, 0.3) is 0 Å². The van der Waals surface area contributed by atoms with Crippen LogP contribution < -0.4 is 0 Å². The summed E-state index contributed by atoms with van der Waals surface area (Å²) in [5.74, 6) is 1.23. The largest absolute Gasteiger partial charge is 0.300 e. The Morgan fingerprint density at radius 1 is 1.31 bits per heavy atom. The predicted octanol–water partition coefficient (Wildman–Crippen LogP) is 1.84. The summed E-state index contributed by atoms with van der Waals surface area (Å²) in [6.45, 7) is 5.70. The first-order chi connectivity index (χ1) is 6.16. The number of carbonyl (C=O) groups excluding carboxylic acids is 1. The van der Waals surface area contributed by atoms with Gasteiger partial charge in [-0.15, -0.1) is 0 Å². The summed E-state index contributed by atoms with van der Waals surface area (Å²) in [6, 6.07) is 1.18. The van der Waals surface area contributed by atoms with E-state index in [1.54, 1.807) is 0 Å². The topological polar surface area (TPSA) is 20.3 Å². The van der Waals surface area contributed by atoms with Gasteiger partial charge >= 0.3 is 0 Å². The van der Waals surface area contributed by atoms with Crippen molar-refractivity contribution in [2.45, 2.75) is 51.6 Å². The average Bonchev–Trinajstić information content (AvgIpc) is 2.32. The fourth-order valence-corrected chi connectivity index (χ4v) is 2.78. The Morgan fingerprint density at radius 2 is 1.85 bits per heavy atom. The van der Waals surface area contributed by atoms with E-state index in [9.17, 15) is 4.79 Å². The highest BCUT2D eigenvalue weighted by atomic mass is 16.1. The number of piperidine rings is 1. The van der Waals surface area contributed by atoms with Crippen molar-refractivity contribution in [1.82, 2.24) is 4.90 Å². The molecule has 2 heteroatoms. The van der Waals surface area contributed by atoms with Crippen molar-refractivity contribution in [2.24, 2.45) is 5.92 Å². The van der Waals surface area contributed by atoms with Gasteiger partial charge in [0, 0.05) is 31.5 Å². The standard InChI is InChI=1S/C11H19NO/c1-8(2)7-12-9-3-4-10(12)6-11(13)5-9/h8-10H,3-7H2,1-2H3/t9-,10+. The third-order valence-corrected chi connectivity index (χ3v) is 3.27. The molecular weight excluding hydrogens is 162 g/mol. The second-order valence-corrected chi connectivity index (χ2v) is 4.92. The van der Waals surface area contributed by atoms with E-state index >= 15 is 0 Å². The van der Waals surface area contributed by atoms with Crippen LogP contribution in [0.3, 0.4) is 0 Å². The van der Waals surface area contributed by atoms with E-state index in [2.05, 4.69) is 18.7 Å². The van der Waals surface area contributed by atoms with E-state index < -0.39 is 0 Å². The van der Waals surface area contributed by atoms with Gasteiger partial charge in [-0.2, -0.15) is 0 Å². The first kappa shape index (κ1) is 9.20. The number of fused-ring (bicyclic) bond motifs is 2. The Morgan fingerprint density at radius 3 is 2.31 bits per heavy atom. The molecule has 2 saturated heterocycles. The summed E-state index contributed by atoms with van der Waals surface area (Å²) in [6.07, 6.45) is 4.15. The summed E-state index contributed by atoms with van der Waals surface area (Å²) < 4.78 is 0. The van der Waals surface area contributed by atoms with Gasteiger partial charge in [0.15, 0.2) is 0 Å². The number of hydrogen-bond donors (Lipinski definition) is 0. The van der Waals surface area contributed by atoms with E-state index in [4.69, 9.17) is 0 Å². The van der Waals surface area contributed by atoms with E-state index in [1.165, 1.54) is 19.4 Å². The number of ketones is 1.